The summed E-state index contributed by atoms with van der Waals surface area (Å²) in [7, 11) is 1.16. The van der Waals surface area contributed by atoms with Crippen LogP contribution in [-0.2, 0) is 0 Å². The van der Waals surface area contributed by atoms with E-state index < -0.39 is 17.9 Å². The van der Waals surface area contributed by atoms with Gasteiger partial charge in [-0.25, -0.2) is 18.2 Å². The van der Waals surface area contributed by atoms with Crippen LogP contribution in [0.15, 0.2) is 6.07 Å². The van der Waals surface area contributed by atoms with Gasteiger partial charge in [0.25, 0.3) is 6.43 Å². The second-order valence-corrected chi connectivity index (χ2v) is 2.53. The molecule has 1 aromatic heterocycles. The zero-order valence-electron chi connectivity index (χ0n) is 6.52. The van der Waals surface area contributed by atoms with Crippen LogP contribution in [0.2, 0.25) is 5.15 Å². The van der Waals surface area contributed by atoms with Gasteiger partial charge in [-0.05, 0) is 0 Å². The van der Waals surface area contributed by atoms with Gasteiger partial charge in [0.05, 0.1) is 7.11 Å². The van der Waals surface area contributed by atoms with Crippen LogP contribution in [0.5, 0.6) is 5.75 Å². The lowest BCUT2D eigenvalue weighted by molar-refractivity contribution is 0.139. The van der Waals surface area contributed by atoms with E-state index in [1.165, 1.54) is 0 Å². The molecule has 0 amide bonds. The summed E-state index contributed by atoms with van der Waals surface area (Å²) in [5.74, 6) is -1.52. The summed E-state index contributed by atoms with van der Waals surface area (Å²) in [6, 6.07) is 1.03. The van der Waals surface area contributed by atoms with Crippen LogP contribution in [0.1, 0.15) is 12.1 Å². The topological polar surface area (TPSA) is 22.1 Å². The Bertz CT molecular complexity index is 319. The molecule has 2 nitrogen and oxygen atoms in total. The molecule has 0 bridgehead atoms. The number of pyridine rings is 1. The minimum atomic E-state index is -3.01. The Balaban J connectivity index is 3.27. The number of halogens is 4. The number of aromatic nitrogens is 1. The van der Waals surface area contributed by atoms with Gasteiger partial charge in [0.1, 0.15) is 10.8 Å². The van der Waals surface area contributed by atoms with Crippen LogP contribution < -0.4 is 4.74 Å². The van der Waals surface area contributed by atoms with Gasteiger partial charge in [-0.15, -0.1) is 0 Å². The summed E-state index contributed by atoms with van der Waals surface area (Å²) in [6.45, 7) is 0. The highest BCUT2D eigenvalue weighted by Gasteiger charge is 2.20. The summed E-state index contributed by atoms with van der Waals surface area (Å²) >= 11 is 5.35. The summed E-state index contributed by atoms with van der Waals surface area (Å²) in [5.41, 5.74) is -0.996. The summed E-state index contributed by atoms with van der Waals surface area (Å²) in [5, 5.41) is -0.228. The predicted molar refractivity (Wildman–Crippen MR) is 40.7 cm³/mol. The Morgan fingerprint density at radius 3 is 2.62 bits per heavy atom. The smallest absolute Gasteiger partial charge is 0.283 e. The van der Waals surface area contributed by atoms with E-state index in [1.807, 2.05) is 0 Å². The molecule has 0 atom stereocenters. The van der Waals surface area contributed by atoms with Gasteiger partial charge in [-0.3, -0.25) is 0 Å². The van der Waals surface area contributed by atoms with Gasteiger partial charge >= 0.3 is 0 Å². The van der Waals surface area contributed by atoms with Gasteiger partial charge in [0.2, 0.25) is 0 Å². The van der Waals surface area contributed by atoms with Crippen molar-refractivity contribution in [2.75, 3.05) is 7.11 Å². The third kappa shape index (κ3) is 2.03. The highest BCUT2D eigenvalue weighted by Crippen LogP contribution is 2.28. The normalized spacial score (nSPS) is 10.6. The molecule has 0 aliphatic carbocycles. The van der Waals surface area contributed by atoms with E-state index in [1.54, 1.807) is 0 Å². The van der Waals surface area contributed by atoms with Crippen molar-refractivity contribution in [2.45, 2.75) is 6.43 Å². The molecule has 1 heterocycles. The summed E-state index contributed by atoms with van der Waals surface area (Å²) < 4.78 is 41.7. The van der Waals surface area contributed by atoms with Crippen LogP contribution in [0, 0.1) is 5.82 Å². The molecule has 6 heteroatoms. The Morgan fingerprint density at radius 1 is 1.54 bits per heavy atom. The molecule has 0 spiro atoms. The number of rotatable bonds is 2. The average molecular weight is 212 g/mol. The van der Waals surface area contributed by atoms with Gasteiger partial charge in [0, 0.05) is 6.07 Å². The van der Waals surface area contributed by atoms with Gasteiger partial charge in [0.15, 0.2) is 11.6 Å². The first-order chi connectivity index (χ1) is 6.06. The predicted octanol–water partition coefficient (Wildman–Crippen LogP) is 2.82. The lowest BCUT2D eigenvalue weighted by atomic mass is 10.3. The van der Waals surface area contributed by atoms with Crippen molar-refractivity contribution in [1.82, 2.24) is 4.98 Å². The second-order valence-electron chi connectivity index (χ2n) is 2.15. The Hall–Kier alpha value is -0.970. The molecule has 72 valence electrons. The fourth-order valence-corrected chi connectivity index (χ4v) is 0.977. The van der Waals surface area contributed by atoms with Crippen LogP contribution in [-0.4, -0.2) is 12.1 Å². The van der Waals surface area contributed by atoms with E-state index in [0.29, 0.717) is 0 Å². The third-order valence-corrected chi connectivity index (χ3v) is 1.54. The van der Waals surface area contributed by atoms with Crippen molar-refractivity contribution >= 4 is 11.6 Å². The first kappa shape index (κ1) is 10.1. The molecule has 0 aromatic carbocycles. The van der Waals surface area contributed by atoms with Crippen LogP contribution in [0.4, 0.5) is 13.2 Å². The van der Waals surface area contributed by atoms with E-state index in [-0.39, 0.29) is 10.9 Å². The maximum absolute atomic E-state index is 13.0. The number of methoxy groups -OCH3 is 1. The largest absolute Gasteiger partial charge is 0.493 e. The summed E-state index contributed by atoms with van der Waals surface area (Å²) in [6.07, 6.45) is -3.01. The van der Waals surface area contributed by atoms with Crippen molar-refractivity contribution in [3.8, 4) is 5.75 Å². The van der Waals surface area contributed by atoms with Gasteiger partial charge in [-0.1, -0.05) is 11.6 Å². The molecule has 0 aliphatic rings. The molecular formula is C7H5ClF3NO. The number of hydrogen-bond donors (Lipinski definition) is 0. The minimum absolute atomic E-state index is 0.228. The molecule has 0 aliphatic heterocycles. The van der Waals surface area contributed by atoms with Gasteiger partial charge in [-0.2, -0.15) is 0 Å². The van der Waals surface area contributed by atoms with Crippen LogP contribution >= 0.6 is 11.6 Å². The number of alkyl halides is 2. The van der Waals surface area contributed by atoms with E-state index in [4.69, 9.17) is 11.6 Å². The van der Waals surface area contributed by atoms with Crippen molar-refractivity contribution in [2.24, 2.45) is 0 Å². The van der Waals surface area contributed by atoms with E-state index in [2.05, 4.69) is 9.72 Å². The molecule has 1 rings (SSSR count). The molecule has 0 radical (unpaired) electrons. The maximum Gasteiger partial charge on any atom is 0.283 e. The van der Waals surface area contributed by atoms with Crippen molar-refractivity contribution in [3.05, 3.63) is 22.7 Å². The van der Waals surface area contributed by atoms with Crippen molar-refractivity contribution in [3.63, 3.8) is 0 Å². The highest BCUT2D eigenvalue weighted by molar-refractivity contribution is 6.29. The molecule has 13 heavy (non-hydrogen) atoms. The van der Waals surface area contributed by atoms with E-state index in [9.17, 15) is 13.2 Å². The SMILES string of the molecule is COc1cc(Cl)nc(C(F)F)c1F. The van der Waals surface area contributed by atoms with Crippen LogP contribution in [0.25, 0.3) is 0 Å². The monoisotopic (exact) mass is 211 g/mol. The zero-order valence-corrected chi connectivity index (χ0v) is 7.28. The molecule has 0 saturated carbocycles. The van der Waals surface area contributed by atoms with E-state index in [0.717, 1.165) is 13.2 Å². The Kier molecular flexibility index (Phi) is 2.98. The standard InChI is InChI=1S/C7H5ClF3NO/c1-13-3-2-4(8)12-6(5(3)9)7(10)11/h2,7H,1H3. The average Bonchev–Trinajstić information content (AvgIpc) is 2.08. The fraction of sp³-hybridized carbons (Fsp3) is 0.286. The number of nitrogens with zero attached hydrogens (tertiary/aromatic N) is 1. The van der Waals surface area contributed by atoms with Crippen LogP contribution in [0.3, 0.4) is 0 Å². The lowest BCUT2D eigenvalue weighted by Crippen LogP contribution is -1.99. The first-order valence-electron chi connectivity index (χ1n) is 3.24. The molecule has 0 N–H and O–H groups in total. The minimum Gasteiger partial charge on any atom is -0.493 e. The highest BCUT2D eigenvalue weighted by atomic mass is 35.5. The molecule has 0 fully saturated rings. The first-order valence-corrected chi connectivity index (χ1v) is 3.62. The lowest BCUT2D eigenvalue weighted by Gasteiger charge is -2.06. The van der Waals surface area contributed by atoms with Crippen molar-refractivity contribution < 1.29 is 17.9 Å². The summed E-state index contributed by atoms with van der Waals surface area (Å²) in [4.78, 5) is 3.14. The third-order valence-electron chi connectivity index (χ3n) is 1.35. The Morgan fingerprint density at radius 2 is 2.15 bits per heavy atom. The molecule has 0 unspecified atom stereocenters. The van der Waals surface area contributed by atoms with Gasteiger partial charge < -0.3 is 4.74 Å². The van der Waals surface area contributed by atoms with E-state index >= 15 is 0 Å². The maximum atomic E-state index is 13.0. The Labute approximate surface area is 77.3 Å². The zero-order chi connectivity index (χ0) is 10.0. The molecule has 1 aromatic rings. The number of ether oxygens (including phenoxy) is 1. The molecular weight excluding hydrogens is 207 g/mol. The molecule has 0 saturated heterocycles. The van der Waals surface area contributed by atoms with Crippen molar-refractivity contribution in [1.29, 1.82) is 0 Å². The quantitative estimate of drug-likeness (QED) is 0.702. The second kappa shape index (κ2) is 3.83. The fourth-order valence-electron chi connectivity index (χ4n) is 0.787. The number of hydrogen-bond acceptors (Lipinski definition) is 2.